The standard InChI is InChI=1S/C18H30O16/c19-1-4-7(22)8(23)15-18(29-4)32-13-6(3-21)30-17(11(26)14(13)33-34-15)31-12-5(2-20)28-16(27)10(25)9(12)24/h4-27H,1-3H2/t4-,5-,6-,7-,8+,9-,10-,11-,12-,13-,14-,15-,16+,17-,18-/m1/s1. The van der Waals surface area contributed by atoms with Crippen LogP contribution in [-0.2, 0) is 33.5 Å². The summed E-state index contributed by atoms with van der Waals surface area (Å²) < 4.78 is 27.3. The maximum absolute atomic E-state index is 10.8. The van der Waals surface area contributed by atoms with Crippen LogP contribution in [0.1, 0.15) is 0 Å². The SMILES string of the molecule is OC[C@H]1O[C@@H]2O[C@H]3[C@H](OO[C@@H]2[C@@H](O)[C@@H]1O)[C@@H](O)[C@@H](O[C@H]1[C@H](O)[C@@H](O)[C@@H](O)O[C@@H]1CO)O[C@@H]3CO. The van der Waals surface area contributed by atoms with Crippen LogP contribution in [0.15, 0.2) is 0 Å². The maximum atomic E-state index is 10.8. The first-order valence-corrected chi connectivity index (χ1v) is 10.7. The van der Waals surface area contributed by atoms with Gasteiger partial charge in [0.05, 0.1) is 19.8 Å². The van der Waals surface area contributed by atoms with E-state index in [1.54, 1.807) is 0 Å². The molecule has 4 rings (SSSR count). The minimum atomic E-state index is -1.79. The first-order chi connectivity index (χ1) is 16.2. The fraction of sp³-hybridized carbons (Fsp3) is 1.00. The third-order valence-electron chi connectivity index (χ3n) is 6.32. The molecule has 34 heavy (non-hydrogen) atoms. The zero-order chi connectivity index (χ0) is 24.7. The second-order valence-electron chi connectivity index (χ2n) is 8.47. The fourth-order valence-electron chi connectivity index (χ4n) is 4.37. The van der Waals surface area contributed by atoms with E-state index in [9.17, 15) is 46.0 Å². The van der Waals surface area contributed by atoms with E-state index >= 15 is 0 Å². The van der Waals surface area contributed by atoms with E-state index in [0.717, 1.165) is 0 Å². The molecule has 0 spiro atoms. The largest absolute Gasteiger partial charge is 0.394 e. The zero-order valence-electron chi connectivity index (χ0n) is 17.7. The van der Waals surface area contributed by atoms with Crippen molar-refractivity contribution in [1.29, 1.82) is 0 Å². The Morgan fingerprint density at radius 2 is 1.18 bits per heavy atom. The summed E-state index contributed by atoms with van der Waals surface area (Å²) in [6.45, 7) is -2.05. The number of fused-ring (bicyclic) bond motifs is 2. The van der Waals surface area contributed by atoms with E-state index in [1.807, 2.05) is 0 Å². The Bertz CT molecular complexity index is 668. The number of ether oxygens (including phenoxy) is 5. The van der Waals surface area contributed by atoms with E-state index in [1.165, 1.54) is 0 Å². The van der Waals surface area contributed by atoms with Gasteiger partial charge < -0.3 is 69.6 Å². The molecule has 0 aromatic carbocycles. The number of aliphatic hydroxyl groups excluding tert-OH is 9. The molecule has 0 amide bonds. The molecule has 198 valence electrons. The van der Waals surface area contributed by atoms with Gasteiger partial charge >= 0.3 is 0 Å². The van der Waals surface area contributed by atoms with Crippen LogP contribution in [0.4, 0.5) is 0 Å². The lowest BCUT2D eigenvalue weighted by molar-refractivity contribution is -0.416. The quantitative estimate of drug-likeness (QED) is 0.159. The fourth-order valence-corrected chi connectivity index (χ4v) is 4.37. The van der Waals surface area contributed by atoms with Gasteiger partial charge in [-0.05, 0) is 0 Å². The molecule has 0 radical (unpaired) electrons. The minimum Gasteiger partial charge on any atom is -0.394 e. The molecule has 0 bridgehead atoms. The highest BCUT2D eigenvalue weighted by molar-refractivity contribution is 4.97. The van der Waals surface area contributed by atoms with Crippen molar-refractivity contribution < 1.29 is 79.4 Å². The summed E-state index contributed by atoms with van der Waals surface area (Å²) >= 11 is 0. The predicted molar refractivity (Wildman–Crippen MR) is 99.0 cm³/mol. The summed E-state index contributed by atoms with van der Waals surface area (Å²) in [5.41, 5.74) is 0. The second-order valence-corrected chi connectivity index (χ2v) is 8.47. The van der Waals surface area contributed by atoms with Crippen LogP contribution in [0, 0.1) is 0 Å². The second kappa shape index (κ2) is 10.8. The van der Waals surface area contributed by atoms with E-state index in [2.05, 4.69) is 0 Å². The topological polar surface area (TPSA) is 247 Å². The van der Waals surface area contributed by atoms with Gasteiger partial charge in [0.25, 0.3) is 0 Å². The van der Waals surface area contributed by atoms with Gasteiger partial charge in [-0.15, -0.1) is 0 Å². The molecule has 9 N–H and O–H groups in total. The van der Waals surface area contributed by atoms with Gasteiger partial charge in [0.2, 0.25) is 0 Å². The Morgan fingerprint density at radius 1 is 0.529 bits per heavy atom. The molecule has 0 saturated carbocycles. The Hall–Kier alpha value is -0.640. The van der Waals surface area contributed by atoms with Gasteiger partial charge in [-0.2, -0.15) is 0 Å². The van der Waals surface area contributed by atoms with Gasteiger partial charge in [0, 0.05) is 0 Å². The van der Waals surface area contributed by atoms with E-state index in [0.29, 0.717) is 0 Å². The van der Waals surface area contributed by atoms with Gasteiger partial charge in [-0.3, -0.25) is 0 Å². The number of hydrogen-bond donors (Lipinski definition) is 9. The molecule has 4 aliphatic rings. The molecule has 0 aromatic rings. The Kier molecular flexibility index (Phi) is 8.37. The van der Waals surface area contributed by atoms with Crippen molar-refractivity contribution in [1.82, 2.24) is 0 Å². The summed E-state index contributed by atoms with van der Waals surface area (Å²) in [7, 11) is 0. The van der Waals surface area contributed by atoms with Gasteiger partial charge in [-0.1, -0.05) is 0 Å². The number of rotatable bonds is 5. The Balaban J connectivity index is 1.52. The van der Waals surface area contributed by atoms with Crippen LogP contribution >= 0.6 is 0 Å². The summed E-state index contributed by atoms with van der Waals surface area (Å²) in [5, 5.41) is 89.8. The first kappa shape index (κ1) is 26.4. The highest BCUT2D eigenvalue weighted by Crippen LogP contribution is 2.36. The van der Waals surface area contributed by atoms with Crippen LogP contribution in [-0.4, -0.2) is 158 Å². The molecular formula is C18H30O16. The van der Waals surface area contributed by atoms with Gasteiger partial charge in [0.15, 0.2) is 31.1 Å². The van der Waals surface area contributed by atoms with Crippen molar-refractivity contribution in [2.24, 2.45) is 0 Å². The van der Waals surface area contributed by atoms with Crippen molar-refractivity contribution in [2.75, 3.05) is 19.8 Å². The summed E-state index contributed by atoms with van der Waals surface area (Å²) in [6, 6.07) is 0. The lowest BCUT2D eigenvalue weighted by atomic mass is 9.96. The third kappa shape index (κ3) is 4.71. The highest BCUT2D eigenvalue weighted by Gasteiger charge is 2.57. The van der Waals surface area contributed by atoms with E-state index < -0.39 is 112 Å². The molecule has 16 nitrogen and oxygen atoms in total. The zero-order valence-corrected chi connectivity index (χ0v) is 17.7. The minimum absolute atomic E-state index is 0.642. The van der Waals surface area contributed by atoms with Gasteiger partial charge in [-0.25, -0.2) is 9.78 Å². The first-order valence-electron chi connectivity index (χ1n) is 10.7. The Labute approximate surface area is 192 Å². The average molecular weight is 502 g/mol. The van der Waals surface area contributed by atoms with Crippen molar-refractivity contribution >= 4 is 0 Å². The van der Waals surface area contributed by atoms with Crippen molar-refractivity contribution in [3.05, 3.63) is 0 Å². The van der Waals surface area contributed by atoms with Crippen LogP contribution in [0.25, 0.3) is 0 Å². The predicted octanol–water partition coefficient (Wildman–Crippen LogP) is -6.60. The van der Waals surface area contributed by atoms with Crippen molar-refractivity contribution in [3.8, 4) is 0 Å². The summed E-state index contributed by atoms with van der Waals surface area (Å²) in [4.78, 5) is 10.4. The smallest absolute Gasteiger partial charge is 0.190 e. The molecule has 4 heterocycles. The molecular weight excluding hydrogens is 472 g/mol. The van der Waals surface area contributed by atoms with Crippen LogP contribution < -0.4 is 0 Å². The molecule has 0 aromatic heterocycles. The van der Waals surface area contributed by atoms with E-state index in [4.69, 9.17) is 33.5 Å². The molecule has 0 aliphatic carbocycles. The lowest BCUT2D eigenvalue weighted by Crippen LogP contribution is -2.65. The van der Waals surface area contributed by atoms with Gasteiger partial charge in [0.1, 0.15) is 61.0 Å². The number of aliphatic hydroxyl groups is 9. The summed E-state index contributed by atoms with van der Waals surface area (Å²) in [5.74, 6) is 0. The molecule has 4 fully saturated rings. The Morgan fingerprint density at radius 3 is 1.82 bits per heavy atom. The van der Waals surface area contributed by atoms with Crippen LogP contribution in [0.3, 0.4) is 0 Å². The molecule has 0 unspecified atom stereocenters. The molecule has 4 aliphatic heterocycles. The average Bonchev–Trinajstić information content (AvgIpc) is 3.03. The lowest BCUT2D eigenvalue weighted by Gasteiger charge is -2.46. The monoisotopic (exact) mass is 502 g/mol. The third-order valence-corrected chi connectivity index (χ3v) is 6.32. The molecule has 16 heteroatoms. The molecule has 15 atom stereocenters. The molecule has 4 saturated heterocycles. The summed E-state index contributed by atoms with van der Waals surface area (Å²) in [6.07, 6.45) is -22.4. The van der Waals surface area contributed by atoms with Crippen LogP contribution in [0.5, 0.6) is 0 Å². The van der Waals surface area contributed by atoms with Crippen LogP contribution in [0.2, 0.25) is 0 Å². The highest BCUT2D eigenvalue weighted by atomic mass is 17.2. The van der Waals surface area contributed by atoms with Crippen molar-refractivity contribution in [2.45, 2.75) is 92.1 Å². The maximum Gasteiger partial charge on any atom is 0.190 e. The van der Waals surface area contributed by atoms with Crippen molar-refractivity contribution in [3.63, 3.8) is 0 Å². The van der Waals surface area contributed by atoms with E-state index in [-0.39, 0.29) is 0 Å². The normalized spacial score (nSPS) is 54.1. The number of hydrogen-bond acceptors (Lipinski definition) is 16.